The number of anilines is 3. The van der Waals surface area contributed by atoms with Crippen molar-refractivity contribution in [2.24, 2.45) is 23.7 Å². The summed E-state index contributed by atoms with van der Waals surface area (Å²) in [6.45, 7) is 2.50. The molecule has 10 aromatic rings. The molecule has 0 N–H and O–H groups in total. The number of para-hydroxylation sites is 2. The number of benzene rings is 9. The van der Waals surface area contributed by atoms with Crippen LogP contribution in [0.4, 0.5) is 17.1 Å². The molecule has 3 aliphatic carbocycles. The molecular formula is C65H54N2. The second-order valence-electron chi connectivity index (χ2n) is 20.0. The summed E-state index contributed by atoms with van der Waals surface area (Å²) in [5, 5.41) is 2.55. The molecule has 3 aliphatic rings. The Hall–Kier alpha value is -7.42. The zero-order valence-electron chi connectivity index (χ0n) is 38.1. The van der Waals surface area contributed by atoms with E-state index in [1.54, 1.807) is 5.56 Å². The van der Waals surface area contributed by atoms with Crippen molar-refractivity contribution in [3.63, 3.8) is 0 Å². The molecule has 3 fully saturated rings. The van der Waals surface area contributed by atoms with Crippen LogP contribution in [0, 0.1) is 23.7 Å². The van der Waals surface area contributed by atoms with Gasteiger partial charge in [0.25, 0.3) is 0 Å². The lowest BCUT2D eigenvalue weighted by Crippen LogP contribution is -2.43. The molecular weight excluding hydrogens is 809 g/mol. The molecule has 2 nitrogen and oxygen atoms in total. The normalized spacial score (nSPS) is 20.7. The van der Waals surface area contributed by atoms with Crippen molar-refractivity contribution < 1.29 is 0 Å². The van der Waals surface area contributed by atoms with Crippen LogP contribution in [0.25, 0.3) is 72.0 Å². The number of rotatable bonds is 9. The average molecular weight is 863 g/mol. The van der Waals surface area contributed by atoms with Crippen molar-refractivity contribution in [2.45, 2.75) is 44.4 Å². The highest BCUT2D eigenvalue weighted by atomic mass is 15.1. The van der Waals surface area contributed by atoms with Crippen LogP contribution >= 0.6 is 0 Å². The molecule has 5 atom stereocenters. The van der Waals surface area contributed by atoms with E-state index in [9.17, 15) is 0 Å². The fourth-order valence-corrected chi connectivity index (χ4v) is 13.4. The van der Waals surface area contributed by atoms with Gasteiger partial charge in [-0.2, -0.15) is 0 Å². The van der Waals surface area contributed by atoms with Gasteiger partial charge < -0.3 is 9.47 Å². The van der Waals surface area contributed by atoms with Crippen LogP contribution in [-0.2, 0) is 5.41 Å². The molecule has 2 bridgehead atoms. The first kappa shape index (κ1) is 39.9. The summed E-state index contributed by atoms with van der Waals surface area (Å²) in [4.78, 5) is 2.40. The van der Waals surface area contributed by atoms with Gasteiger partial charge in [-0.25, -0.2) is 0 Å². The van der Waals surface area contributed by atoms with Crippen LogP contribution in [0.5, 0.6) is 0 Å². The van der Waals surface area contributed by atoms with E-state index < -0.39 is 0 Å². The Morgan fingerprint density at radius 1 is 0.418 bits per heavy atom. The fourth-order valence-electron chi connectivity index (χ4n) is 13.4. The Kier molecular flexibility index (Phi) is 9.63. The summed E-state index contributed by atoms with van der Waals surface area (Å²) < 4.78 is 2.40. The number of hydrogen-bond acceptors (Lipinski definition) is 1. The summed E-state index contributed by atoms with van der Waals surface area (Å²) in [5.74, 6) is 3.61. The van der Waals surface area contributed by atoms with Gasteiger partial charge in [0.15, 0.2) is 0 Å². The van der Waals surface area contributed by atoms with E-state index in [0.717, 1.165) is 46.4 Å². The van der Waals surface area contributed by atoms with Crippen LogP contribution in [0.1, 0.15) is 44.6 Å². The molecule has 324 valence electrons. The van der Waals surface area contributed by atoms with Crippen molar-refractivity contribution in [3.8, 4) is 50.2 Å². The van der Waals surface area contributed by atoms with Crippen molar-refractivity contribution in [2.75, 3.05) is 4.90 Å². The highest BCUT2D eigenvalue weighted by Crippen LogP contribution is 2.66. The molecule has 0 aliphatic heterocycles. The summed E-state index contributed by atoms with van der Waals surface area (Å²) >= 11 is 0. The molecule has 1 aromatic heterocycles. The number of hydrogen-bond donors (Lipinski definition) is 0. The average Bonchev–Trinajstić information content (AvgIpc) is 4.08. The van der Waals surface area contributed by atoms with Crippen LogP contribution in [-0.4, -0.2) is 4.57 Å². The largest absolute Gasteiger partial charge is 0.311 e. The molecule has 3 saturated carbocycles. The maximum Gasteiger partial charge on any atom is 0.0541 e. The topological polar surface area (TPSA) is 8.17 Å². The minimum Gasteiger partial charge on any atom is -0.311 e. The summed E-state index contributed by atoms with van der Waals surface area (Å²) in [6, 6.07) is 83.1. The highest BCUT2D eigenvalue weighted by molar-refractivity contribution is 6.09. The van der Waals surface area contributed by atoms with Gasteiger partial charge in [-0.05, 0) is 172 Å². The summed E-state index contributed by atoms with van der Waals surface area (Å²) in [6.07, 6.45) is 7.15. The van der Waals surface area contributed by atoms with Crippen LogP contribution in [0.3, 0.4) is 0 Å². The van der Waals surface area contributed by atoms with Gasteiger partial charge in [-0.1, -0.05) is 171 Å². The summed E-state index contributed by atoms with van der Waals surface area (Å²) in [5.41, 5.74) is 18.7. The zero-order valence-corrected chi connectivity index (χ0v) is 38.1. The predicted molar refractivity (Wildman–Crippen MR) is 282 cm³/mol. The molecule has 1 heterocycles. The minimum absolute atomic E-state index is 0.401. The Balaban J connectivity index is 0.843. The first-order valence-electron chi connectivity index (χ1n) is 24.5. The first-order chi connectivity index (χ1) is 33.1. The third kappa shape index (κ3) is 6.84. The smallest absolute Gasteiger partial charge is 0.0541 e. The molecule has 0 saturated heterocycles. The fraction of sp³-hybridized carbons (Fsp3) is 0.169. The van der Waals surface area contributed by atoms with Gasteiger partial charge in [0.05, 0.1) is 11.0 Å². The third-order valence-corrected chi connectivity index (χ3v) is 16.1. The van der Waals surface area contributed by atoms with Gasteiger partial charge in [0, 0.05) is 33.5 Å². The molecule has 0 spiro atoms. The van der Waals surface area contributed by atoms with Gasteiger partial charge in [0.1, 0.15) is 0 Å². The standard InChI is InChI=1S/C65H54N2/c1-44-38-52-39-45-40-62(52)65(42-44,43-45)53-30-22-46(23-31-53)47-24-32-54(33-25-47)66(56-36-28-50(29-37-56)59-17-6-5-16-58(59)49-12-3-2-4-13-49)55-34-26-48(27-35-55)51-14-11-15-57(41-51)67-63-20-9-7-18-60(63)61-19-8-10-21-64(61)67/h2-37,41,44-45,52,62H,38-40,42-43H2,1H3/t44-,45+,52?,62-,65?/m0/s1. The van der Waals surface area contributed by atoms with E-state index in [4.69, 9.17) is 0 Å². The lowest BCUT2D eigenvalue weighted by molar-refractivity contribution is 0.0855. The van der Waals surface area contributed by atoms with Gasteiger partial charge in [0.2, 0.25) is 0 Å². The molecule has 0 amide bonds. The molecule has 2 unspecified atom stereocenters. The molecule has 9 aromatic carbocycles. The Morgan fingerprint density at radius 3 is 1.51 bits per heavy atom. The van der Waals surface area contributed by atoms with Crippen molar-refractivity contribution in [1.82, 2.24) is 4.57 Å². The van der Waals surface area contributed by atoms with E-state index in [1.165, 1.54) is 98.4 Å². The SMILES string of the molecule is C[C@H]1CC2C[C@@H]3C[C@@H]2C(c2ccc(-c4ccc(N(c5ccc(-c6cccc(-n7c8ccccc8c8ccccc87)c6)cc5)c5ccc(-c6ccccc6-c6ccccc6)cc5)cc4)cc2)(C1)C3. The van der Waals surface area contributed by atoms with Crippen molar-refractivity contribution >= 4 is 38.9 Å². The molecule has 2 heteroatoms. The molecule has 13 rings (SSSR count). The zero-order chi connectivity index (χ0) is 44.5. The van der Waals surface area contributed by atoms with E-state index in [0.29, 0.717) is 5.41 Å². The van der Waals surface area contributed by atoms with E-state index in [2.05, 4.69) is 241 Å². The predicted octanol–water partition coefficient (Wildman–Crippen LogP) is 17.6. The van der Waals surface area contributed by atoms with E-state index in [1.807, 2.05) is 0 Å². The molecule has 67 heavy (non-hydrogen) atoms. The van der Waals surface area contributed by atoms with Gasteiger partial charge in [-0.3, -0.25) is 0 Å². The van der Waals surface area contributed by atoms with Crippen molar-refractivity contribution in [1.29, 1.82) is 0 Å². The minimum atomic E-state index is 0.401. The first-order valence-corrected chi connectivity index (χ1v) is 24.5. The van der Waals surface area contributed by atoms with Crippen LogP contribution < -0.4 is 4.90 Å². The second-order valence-corrected chi connectivity index (χ2v) is 20.0. The third-order valence-electron chi connectivity index (χ3n) is 16.1. The summed E-state index contributed by atoms with van der Waals surface area (Å²) in [7, 11) is 0. The van der Waals surface area contributed by atoms with Crippen LogP contribution in [0.2, 0.25) is 0 Å². The Labute approximate surface area is 394 Å². The van der Waals surface area contributed by atoms with E-state index >= 15 is 0 Å². The lowest BCUT2D eigenvalue weighted by Gasteiger charge is -2.49. The maximum atomic E-state index is 2.50. The monoisotopic (exact) mass is 862 g/mol. The van der Waals surface area contributed by atoms with Crippen molar-refractivity contribution in [3.05, 3.63) is 230 Å². The van der Waals surface area contributed by atoms with Gasteiger partial charge >= 0.3 is 0 Å². The Morgan fingerprint density at radius 2 is 0.910 bits per heavy atom. The number of nitrogens with zero attached hydrogens (tertiary/aromatic N) is 2. The number of aromatic nitrogens is 1. The highest BCUT2D eigenvalue weighted by Gasteiger charge is 2.58. The quantitative estimate of drug-likeness (QED) is 0.140. The lowest BCUT2D eigenvalue weighted by atomic mass is 9.55. The van der Waals surface area contributed by atoms with E-state index in [-0.39, 0.29) is 0 Å². The Bertz CT molecular complexity index is 3350. The second kappa shape index (κ2) is 16.2. The molecule has 0 radical (unpaired) electrons. The van der Waals surface area contributed by atoms with Crippen LogP contribution in [0.15, 0.2) is 224 Å². The van der Waals surface area contributed by atoms with Gasteiger partial charge in [-0.15, -0.1) is 0 Å². The maximum absolute atomic E-state index is 2.50. The number of fused-ring (bicyclic) bond motifs is 4.